The highest BCUT2D eigenvalue weighted by Gasteiger charge is 2.33. The minimum absolute atomic E-state index is 0.0149. The Bertz CT molecular complexity index is 1190. The maximum absolute atomic E-state index is 12.9. The van der Waals surface area contributed by atoms with Crippen LogP contribution >= 0.6 is 0 Å². The molecule has 3 aromatic heterocycles. The molecule has 2 amide bonds. The number of amides is 2. The fourth-order valence-corrected chi connectivity index (χ4v) is 4.93. The molecule has 0 radical (unpaired) electrons. The number of carbonyl (C=O) groups excluding carboxylic acids is 2. The van der Waals surface area contributed by atoms with Crippen LogP contribution in [0.1, 0.15) is 25.7 Å². The Morgan fingerprint density at radius 2 is 1.59 bits per heavy atom. The normalized spacial score (nSPS) is 21.5. The quantitative estimate of drug-likeness (QED) is 0.642. The summed E-state index contributed by atoms with van der Waals surface area (Å²) >= 11 is 0. The van der Waals surface area contributed by atoms with Crippen LogP contribution in [-0.4, -0.2) is 74.6 Å². The van der Waals surface area contributed by atoms with Crippen LogP contribution in [0.15, 0.2) is 36.9 Å². The van der Waals surface area contributed by atoms with Gasteiger partial charge in [0.2, 0.25) is 11.8 Å². The van der Waals surface area contributed by atoms with Crippen molar-refractivity contribution in [1.82, 2.24) is 29.5 Å². The number of carbonyl (C=O) groups is 2. The molecule has 34 heavy (non-hydrogen) atoms. The van der Waals surface area contributed by atoms with E-state index in [-0.39, 0.29) is 23.7 Å². The van der Waals surface area contributed by atoms with E-state index in [0.717, 1.165) is 73.9 Å². The predicted octanol–water partition coefficient (Wildman–Crippen LogP) is 2.55. The van der Waals surface area contributed by atoms with E-state index in [2.05, 4.69) is 32.3 Å². The molecule has 1 N–H and O–H groups in total. The number of piperazine rings is 1. The topological polar surface area (TPSA) is 96.2 Å². The summed E-state index contributed by atoms with van der Waals surface area (Å²) in [5.41, 5.74) is 1.77. The van der Waals surface area contributed by atoms with Crippen LogP contribution in [0.2, 0.25) is 0 Å². The van der Waals surface area contributed by atoms with Crippen molar-refractivity contribution in [2.75, 3.05) is 38.5 Å². The highest BCUT2D eigenvalue weighted by Crippen LogP contribution is 2.31. The first-order chi connectivity index (χ1) is 16.5. The molecule has 0 spiro atoms. The highest BCUT2D eigenvalue weighted by atomic mass is 16.2. The van der Waals surface area contributed by atoms with E-state index in [1.54, 1.807) is 23.3 Å². The van der Waals surface area contributed by atoms with Crippen molar-refractivity contribution >= 4 is 28.4 Å². The van der Waals surface area contributed by atoms with Crippen LogP contribution in [0.3, 0.4) is 0 Å². The Labute approximate surface area is 199 Å². The molecule has 0 atom stereocenters. The number of nitrogens with one attached hydrogen (secondary N) is 1. The summed E-state index contributed by atoms with van der Waals surface area (Å²) in [5.74, 6) is 0.749. The van der Waals surface area contributed by atoms with E-state index in [9.17, 15) is 9.59 Å². The molecule has 1 aliphatic carbocycles. The molecule has 3 aromatic rings. The van der Waals surface area contributed by atoms with Gasteiger partial charge < -0.3 is 15.1 Å². The molecule has 4 heterocycles. The third-order valence-corrected chi connectivity index (χ3v) is 7.12. The van der Waals surface area contributed by atoms with Gasteiger partial charge in [-0.15, -0.1) is 0 Å². The van der Waals surface area contributed by atoms with Crippen molar-refractivity contribution in [3.8, 4) is 11.3 Å². The summed E-state index contributed by atoms with van der Waals surface area (Å²) in [6.07, 6.45) is 10.2. The molecule has 2 aliphatic rings. The van der Waals surface area contributed by atoms with Crippen molar-refractivity contribution in [3.63, 3.8) is 0 Å². The third kappa shape index (κ3) is 4.79. The summed E-state index contributed by atoms with van der Waals surface area (Å²) in [4.78, 5) is 39.0. The molecule has 5 rings (SSSR count). The van der Waals surface area contributed by atoms with E-state index in [1.807, 2.05) is 30.3 Å². The number of aromatic nitrogens is 4. The second kappa shape index (κ2) is 9.50. The number of aryl methyl sites for hydroxylation is 1. The minimum Gasteiger partial charge on any atom is -0.340 e. The molecular formula is C25H31N7O2. The first-order valence-electron chi connectivity index (χ1n) is 12.0. The van der Waals surface area contributed by atoms with Crippen LogP contribution in [0.5, 0.6) is 0 Å². The van der Waals surface area contributed by atoms with E-state index in [0.29, 0.717) is 5.82 Å². The standard InChI is InChI=1S/C25H31N7O2/c1-30-7-9-32(10-8-30)25(34)18-5-3-17(4-6-18)24(33)29-23-12-19-11-22(21-15-28-31(2)16-21)26-13-20(19)14-27-23/h11-18H,3-10H2,1-2H3,(H,27,29,33). The van der Waals surface area contributed by atoms with Crippen molar-refractivity contribution in [2.24, 2.45) is 18.9 Å². The van der Waals surface area contributed by atoms with Crippen LogP contribution in [0.4, 0.5) is 5.82 Å². The number of anilines is 1. The molecule has 2 fully saturated rings. The number of nitrogens with zero attached hydrogens (tertiary/aromatic N) is 6. The number of hydrogen-bond acceptors (Lipinski definition) is 6. The zero-order valence-electron chi connectivity index (χ0n) is 19.8. The highest BCUT2D eigenvalue weighted by molar-refractivity contribution is 5.94. The van der Waals surface area contributed by atoms with Gasteiger partial charge in [0, 0.05) is 74.6 Å². The zero-order valence-corrected chi connectivity index (χ0v) is 19.8. The molecular weight excluding hydrogens is 430 g/mol. The molecule has 0 unspecified atom stereocenters. The van der Waals surface area contributed by atoms with E-state index in [4.69, 9.17) is 0 Å². The second-order valence-electron chi connectivity index (χ2n) is 9.56. The van der Waals surface area contributed by atoms with Gasteiger partial charge in [-0.2, -0.15) is 5.10 Å². The van der Waals surface area contributed by atoms with Crippen molar-refractivity contribution in [2.45, 2.75) is 25.7 Å². The summed E-state index contributed by atoms with van der Waals surface area (Å²) in [7, 11) is 3.96. The molecule has 9 heteroatoms. The Morgan fingerprint density at radius 3 is 2.29 bits per heavy atom. The van der Waals surface area contributed by atoms with Gasteiger partial charge >= 0.3 is 0 Å². The monoisotopic (exact) mass is 461 g/mol. The Kier molecular flexibility index (Phi) is 6.28. The molecule has 9 nitrogen and oxygen atoms in total. The summed E-state index contributed by atoms with van der Waals surface area (Å²) in [5, 5.41) is 9.07. The smallest absolute Gasteiger partial charge is 0.228 e. The predicted molar refractivity (Wildman–Crippen MR) is 130 cm³/mol. The minimum atomic E-state index is -0.0857. The summed E-state index contributed by atoms with van der Waals surface area (Å²) in [6, 6.07) is 3.87. The number of fused-ring (bicyclic) bond motifs is 1. The fraction of sp³-hybridized carbons (Fsp3) is 0.480. The lowest BCUT2D eigenvalue weighted by Crippen LogP contribution is -2.49. The largest absolute Gasteiger partial charge is 0.340 e. The van der Waals surface area contributed by atoms with Crippen LogP contribution in [0.25, 0.3) is 22.0 Å². The number of likely N-dealkylation sites (N-methyl/N-ethyl adjacent to an activating group) is 1. The van der Waals surface area contributed by atoms with Crippen molar-refractivity contribution < 1.29 is 9.59 Å². The first kappa shape index (κ1) is 22.5. The fourth-order valence-electron chi connectivity index (χ4n) is 4.93. The molecule has 0 aromatic carbocycles. The molecule has 1 saturated heterocycles. The average molecular weight is 462 g/mol. The molecule has 0 bridgehead atoms. The molecule has 178 valence electrons. The van der Waals surface area contributed by atoms with Gasteiger partial charge in [-0.1, -0.05) is 0 Å². The van der Waals surface area contributed by atoms with E-state index in [1.165, 1.54) is 0 Å². The molecule has 1 saturated carbocycles. The number of rotatable bonds is 4. The van der Waals surface area contributed by atoms with Crippen LogP contribution < -0.4 is 5.32 Å². The maximum Gasteiger partial charge on any atom is 0.228 e. The third-order valence-electron chi connectivity index (χ3n) is 7.12. The SMILES string of the molecule is CN1CCN(C(=O)C2CCC(C(=O)Nc3cc4cc(-c5cnn(C)c5)ncc4cn3)CC2)CC1. The summed E-state index contributed by atoms with van der Waals surface area (Å²) in [6.45, 7) is 3.48. The van der Waals surface area contributed by atoms with Gasteiger partial charge in [0.05, 0.1) is 11.9 Å². The summed E-state index contributed by atoms with van der Waals surface area (Å²) < 4.78 is 1.74. The number of pyridine rings is 2. The zero-order chi connectivity index (χ0) is 23.7. The van der Waals surface area contributed by atoms with Crippen molar-refractivity contribution in [1.29, 1.82) is 0 Å². The number of hydrogen-bond donors (Lipinski definition) is 1. The lowest BCUT2D eigenvalue weighted by molar-refractivity contribution is -0.139. The van der Waals surface area contributed by atoms with Gasteiger partial charge in [-0.25, -0.2) is 4.98 Å². The first-order valence-corrected chi connectivity index (χ1v) is 12.0. The Hall–Kier alpha value is -3.33. The Balaban J connectivity index is 1.20. The van der Waals surface area contributed by atoms with Gasteiger partial charge in [-0.3, -0.25) is 19.3 Å². The van der Waals surface area contributed by atoms with Gasteiger partial charge in [0.25, 0.3) is 0 Å². The van der Waals surface area contributed by atoms with Gasteiger partial charge in [0.1, 0.15) is 5.82 Å². The second-order valence-corrected chi connectivity index (χ2v) is 9.56. The maximum atomic E-state index is 12.9. The van der Waals surface area contributed by atoms with E-state index >= 15 is 0 Å². The van der Waals surface area contributed by atoms with Crippen LogP contribution in [-0.2, 0) is 16.6 Å². The van der Waals surface area contributed by atoms with Crippen molar-refractivity contribution in [3.05, 3.63) is 36.9 Å². The van der Waals surface area contributed by atoms with Crippen LogP contribution in [0, 0.1) is 11.8 Å². The molecule has 1 aliphatic heterocycles. The van der Waals surface area contributed by atoms with Gasteiger partial charge in [0.15, 0.2) is 0 Å². The van der Waals surface area contributed by atoms with E-state index < -0.39 is 0 Å². The average Bonchev–Trinajstić information content (AvgIpc) is 3.30. The lowest BCUT2D eigenvalue weighted by Gasteiger charge is -2.36. The Morgan fingerprint density at radius 1 is 0.882 bits per heavy atom. The van der Waals surface area contributed by atoms with Gasteiger partial charge in [-0.05, 0) is 50.2 Å². The lowest BCUT2D eigenvalue weighted by atomic mass is 9.81.